The van der Waals surface area contributed by atoms with Crippen molar-refractivity contribution in [1.82, 2.24) is 9.88 Å². The molecule has 0 bridgehead atoms. The summed E-state index contributed by atoms with van der Waals surface area (Å²) in [5, 5.41) is 12.2. The summed E-state index contributed by atoms with van der Waals surface area (Å²) in [5.41, 5.74) is 5.91. The number of carboxylic acids is 1. The lowest BCUT2D eigenvalue weighted by Gasteiger charge is -2.19. The van der Waals surface area contributed by atoms with Gasteiger partial charge in [-0.1, -0.05) is 20.8 Å². The van der Waals surface area contributed by atoms with Gasteiger partial charge in [0.2, 0.25) is 0 Å². The first-order chi connectivity index (χ1) is 8.71. The number of hydrogen-bond acceptors (Lipinski definition) is 5. The Morgan fingerprint density at radius 2 is 2.32 bits per heavy atom. The highest BCUT2D eigenvalue weighted by atomic mass is 32.1. The molecule has 19 heavy (non-hydrogen) atoms. The van der Waals surface area contributed by atoms with Gasteiger partial charge in [-0.2, -0.15) is 0 Å². The van der Waals surface area contributed by atoms with E-state index in [1.807, 2.05) is 0 Å². The lowest BCUT2D eigenvalue weighted by Crippen LogP contribution is -2.50. The summed E-state index contributed by atoms with van der Waals surface area (Å²) >= 11 is 1.63. The van der Waals surface area contributed by atoms with Gasteiger partial charge in [0.1, 0.15) is 10.5 Å². The van der Waals surface area contributed by atoms with Crippen molar-refractivity contribution in [2.45, 2.75) is 44.7 Å². The summed E-state index contributed by atoms with van der Waals surface area (Å²) in [6, 6.07) is 0. The van der Waals surface area contributed by atoms with Gasteiger partial charge in [0.05, 0.1) is 12.2 Å². The number of rotatable bonds is 3. The Balaban J connectivity index is 2.00. The van der Waals surface area contributed by atoms with E-state index in [2.05, 4.69) is 36.0 Å². The molecule has 5 nitrogen and oxygen atoms in total. The molecule has 0 aliphatic carbocycles. The van der Waals surface area contributed by atoms with Crippen LogP contribution in [0.3, 0.4) is 0 Å². The number of nitrogens with two attached hydrogens (primary N) is 1. The molecule has 0 aromatic carbocycles. The second-order valence-electron chi connectivity index (χ2n) is 6.30. The first kappa shape index (κ1) is 14.4. The van der Waals surface area contributed by atoms with Crippen LogP contribution in [-0.4, -0.2) is 39.6 Å². The molecule has 1 aromatic rings. The second-order valence-corrected chi connectivity index (χ2v) is 7.24. The predicted molar refractivity (Wildman–Crippen MR) is 75.3 cm³/mol. The van der Waals surface area contributed by atoms with E-state index in [-0.39, 0.29) is 5.41 Å². The van der Waals surface area contributed by atoms with Gasteiger partial charge < -0.3 is 10.8 Å². The molecular weight excluding hydrogens is 262 g/mol. The smallest absolute Gasteiger partial charge is 0.325 e. The van der Waals surface area contributed by atoms with Crippen LogP contribution in [0.15, 0.2) is 5.38 Å². The van der Waals surface area contributed by atoms with Crippen molar-refractivity contribution >= 4 is 17.3 Å². The number of nitrogens with zero attached hydrogens (tertiary/aromatic N) is 2. The Labute approximate surface area is 117 Å². The van der Waals surface area contributed by atoms with Crippen LogP contribution in [0.4, 0.5) is 0 Å². The van der Waals surface area contributed by atoms with Crippen LogP contribution in [0.2, 0.25) is 0 Å². The molecule has 3 N–H and O–H groups in total. The highest BCUT2D eigenvalue weighted by molar-refractivity contribution is 7.09. The van der Waals surface area contributed by atoms with Crippen molar-refractivity contribution in [2.75, 3.05) is 13.1 Å². The molecule has 0 saturated carbocycles. The summed E-state index contributed by atoms with van der Waals surface area (Å²) in [5.74, 6) is -0.912. The number of likely N-dealkylation sites (tertiary alicyclic amines) is 1. The fourth-order valence-electron chi connectivity index (χ4n) is 2.14. The van der Waals surface area contributed by atoms with E-state index >= 15 is 0 Å². The second kappa shape index (κ2) is 4.85. The summed E-state index contributed by atoms with van der Waals surface area (Å²) in [6.07, 6.45) is 0.500. The average molecular weight is 283 g/mol. The normalized spacial score (nSPS) is 24.8. The molecule has 1 saturated heterocycles. The topological polar surface area (TPSA) is 79.5 Å². The van der Waals surface area contributed by atoms with E-state index in [1.165, 1.54) is 0 Å². The average Bonchev–Trinajstić information content (AvgIpc) is 2.86. The Kier molecular flexibility index (Phi) is 3.68. The number of aliphatic carboxylic acids is 1. The number of carboxylic acid groups (broad SMARTS) is 1. The van der Waals surface area contributed by atoms with Crippen LogP contribution >= 0.6 is 11.3 Å². The zero-order chi connectivity index (χ0) is 14.3. The maximum absolute atomic E-state index is 11.1. The quantitative estimate of drug-likeness (QED) is 0.877. The van der Waals surface area contributed by atoms with E-state index in [0.29, 0.717) is 26.1 Å². The molecule has 0 spiro atoms. The van der Waals surface area contributed by atoms with Gasteiger partial charge in [0, 0.05) is 23.9 Å². The zero-order valence-corrected chi connectivity index (χ0v) is 12.5. The third-order valence-corrected chi connectivity index (χ3v) is 4.32. The SMILES string of the molecule is CC(C)(C)c1csc(CN2CCC(N)(C(=O)O)C2)n1. The van der Waals surface area contributed by atoms with E-state index in [1.54, 1.807) is 11.3 Å². The van der Waals surface area contributed by atoms with Crippen LogP contribution in [0.25, 0.3) is 0 Å². The monoisotopic (exact) mass is 283 g/mol. The Bertz CT molecular complexity index is 480. The summed E-state index contributed by atoms with van der Waals surface area (Å²) in [7, 11) is 0. The predicted octanol–water partition coefficient (Wildman–Crippen LogP) is 1.43. The lowest BCUT2D eigenvalue weighted by atomic mass is 9.93. The van der Waals surface area contributed by atoms with Crippen molar-refractivity contribution < 1.29 is 9.90 Å². The fourth-order valence-corrected chi connectivity index (χ4v) is 3.21. The first-order valence-electron chi connectivity index (χ1n) is 6.40. The minimum atomic E-state index is -1.09. The van der Waals surface area contributed by atoms with Crippen molar-refractivity contribution in [2.24, 2.45) is 5.73 Å². The minimum absolute atomic E-state index is 0.0540. The largest absolute Gasteiger partial charge is 0.480 e. The maximum Gasteiger partial charge on any atom is 0.325 e. The van der Waals surface area contributed by atoms with Crippen molar-refractivity contribution in [3.05, 3.63) is 16.1 Å². The van der Waals surface area contributed by atoms with Crippen LogP contribution in [0, 0.1) is 0 Å². The maximum atomic E-state index is 11.1. The number of carbonyl (C=O) groups is 1. The van der Waals surface area contributed by atoms with Gasteiger partial charge in [0.15, 0.2) is 0 Å². The molecule has 2 rings (SSSR count). The summed E-state index contributed by atoms with van der Waals surface area (Å²) in [6.45, 7) is 8.21. The van der Waals surface area contributed by atoms with E-state index in [4.69, 9.17) is 10.8 Å². The highest BCUT2D eigenvalue weighted by Gasteiger charge is 2.41. The molecule has 1 unspecified atom stereocenters. The van der Waals surface area contributed by atoms with Crippen LogP contribution < -0.4 is 5.73 Å². The fraction of sp³-hybridized carbons (Fsp3) is 0.692. The van der Waals surface area contributed by atoms with Gasteiger partial charge in [0.25, 0.3) is 0 Å². The standard InChI is InChI=1S/C13H21N3O2S/c1-12(2,3)9-7-19-10(15-9)6-16-5-4-13(14,8-16)11(17)18/h7H,4-6,8,14H2,1-3H3,(H,17,18). The minimum Gasteiger partial charge on any atom is -0.480 e. The number of aromatic nitrogens is 1. The third-order valence-electron chi connectivity index (χ3n) is 3.48. The number of thiazole rings is 1. The van der Waals surface area contributed by atoms with E-state index in [9.17, 15) is 4.79 Å². The first-order valence-corrected chi connectivity index (χ1v) is 7.28. The zero-order valence-electron chi connectivity index (χ0n) is 11.6. The lowest BCUT2D eigenvalue weighted by molar-refractivity contribution is -0.142. The molecule has 1 aliphatic rings. The van der Waals surface area contributed by atoms with Gasteiger partial charge in [-0.3, -0.25) is 9.69 Å². The molecule has 6 heteroatoms. The molecule has 1 aliphatic heterocycles. The van der Waals surface area contributed by atoms with Gasteiger partial charge in [-0.25, -0.2) is 4.98 Å². The van der Waals surface area contributed by atoms with Gasteiger partial charge >= 0.3 is 5.97 Å². The molecule has 2 heterocycles. The van der Waals surface area contributed by atoms with Gasteiger partial charge in [-0.05, 0) is 6.42 Å². The highest BCUT2D eigenvalue weighted by Crippen LogP contribution is 2.26. The van der Waals surface area contributed by atoms with E-state index < -0.39 is 11.5 Å². The molecule has 0 radical (unpaired) electrons. The summed E-state index contributed by atoms with van der Waals surface area (Å²) < 4.78 is 0. The van der Waals surface area contributed by atoms with E-state index in [0.717, 1.165) is 10.7 Å². The molecule has 106 valence electrons. The Morgan fingerprint density at radius 1 is 1.63 bits per heavy atom. The van der Waals surface area contributed by atoms with Crippen molar-refractivity contribution in [3.63, 3.8) is 0 Å². The third kappa shape index (κ3) is 3.13. The van der Waals surface area contributed by atoms with Crippen molar-refractivity contribution in [1.29, 1.82) is 0 Å². The molecule has 1 aromatic heterocycles. The molecule has 1 atom stereocenters. The molecule has 0 amide bonds. The Morgan fingerprint density at radius 3 is 2.79 bits per heavy atom. The summed E-state index contributed by atoms with van der Waals surface area (Å²) in [4.78, 5) is 17.8. The van der Waals surface area contributed by atoms with Crippen LogP contribution in [-0.2, 0) is 16.8 Å². The molecule has 1 fully saturated rings. The van der Waals surface area contributed by atoms with Crippen LogP contribution in [0.5, 0.6) is 0 Å². The van der Waals surface area contributed by atoms with Crippen molar-refractivity contribution in [3.8, 4) is 0 Å². The van der Waals surface area contributed by atoms with Gasteiger partial charge in [-0.15, -0.1) is 11.3 Å². The van der Waals surface area contributed by atoms with Crippen LogP contribution in [0.1, 0.15) is 37.9 Å². The Hall–Kier alpha value is -0.980. The number of hydrogen-bond donors (Lipinski definition) is 2. The molecular formula is C13H21N3O2S.